The normalized spacial score (nSPS) is 18.5. The van der Waals surface area contributed by atoms with Crippen molar-refractivity contribution in [2.45, 2.75) is 51.6 Å². The molecule has 34 heavy (non-hydrogen) atoms. The van der Waals surface area contributed by atoms with E-state index in [1.165, 1.54) is 24.3 Å². The molecule has 0 bridgehead atoms. The SMILES string of the molecule is Cc1ccc(-c2ccc(OC(F)(F)COc3ccc(C4CCC(C)CC4)c(F)c3F)cc2)cc1. The molecule has 3 aromatic carbocycles. The lowest BCUT2D eigenvalue weighted by Gasteiger charge is -2.27. The molecule has 4 rings (SSSR count). The summed E-state index contributed by atoms with van der Waals surface area (Å²) in [5, 5.41) is 0. The fourth-order valence-electron chi connectivity index (χ4n) is 4.37. The van der Waals surface area contributed by atoms with Gasteiger partial charge >= 0.3 is 6.11 Å². The van der Waals surface area contributed by atoms with Gasteiger partial charge < -0.3 is 9.47 Å². The van der Waals surface area contributed by atoms with Gasteiger partial charge in [0, 0.05) is 0 Å². The highest BCUT2D eigenvalue weighted by Crippen LogP contribution is 2.38. The van der Waals surface area contributed by atoms with Crippen LogP contribution in [0.4, 0.5) is 17.6 Å². The first-order chi connectivity index (χ1) is 16.2. The van der Waals surface area contributed by atoms with Crippen LogP contribution in [-0.4, -0.2) is 12.7 Å². The largest absolute Gasteiger partial charge is 0.480 e. The molecule has 0 spiro atoms. The van der Waals surface area contributed by atoms with Gasteiger partial charge in [-0.05, 0) is 66.5 Å². The Morgan fingerprint density at radius 2 is 1.38 bits per heavy atom. The summed E-state index contributed by atoms with van der Waals surface area (Å²) in [5.74, 6) is -2.36. The Labute approximate surface area is 197 Å². The van der Waals surface area contributed by atoms with Crippen LogP contribution in [0, 0.1) is 24.5 Å². The molecule has 1 aliphatic rings. The Morgan fingerprint density at radius 3 is 2.00 bits per heavy atom. The van der Waals surface area contributed by atoms with Crippen molar-refractivity contribution in [3.63, 3.8) is 0 Å². The number of ether oxygens (including phenoxy) is 2. The zero-order valence-corrected chi connectivity index (χ0v) is 19.3. The average molecular weight is 473 g/mol. The van der Waals surface area contributed by atoms with Crippen molar-refractivity contribution in [3.8, 4) is 22.6 Å². The van der Waals surface area contributed by atoms with Gasteiger partial charge in [-0.2, -0.15) is 13.2 Å². The van der Waals surface area contributed by atoms with Gasteiger partial charge in [0.1, 0.15) is 5.75 Å². The quantitative estimate of drug-likeness (QED) is 0.322. The molecule has 0 saturated heterocycles. The molecule has 180 valence electrons. The zero-order valence-electron chi connectivity index (χ0n) is 19.3. The highest BCUT2D eigenvalue weighted by atomic mass is 19.3. The zero-order chi connectivity index (χ0) is 24.3. The number of aryl methyl sites for hydroxylation is 1. The molecular weight excluding hydrogens is 444 g/mol. The van der Waals surface area contributed by atoms with Crippen LogP contribution in [-0.2, 0) is 0 Å². The van der Waals surface area contributed by atoms with Crippen LogP contribution in [0.1, 0.15) is 49.7 Å². The number of rotatable bonds is 7. The van der Waals surface area contributed by atoms with Crippen LogP contribution in [0.25, 0.3) is 11.1 Å². The van der Waals surface area contributed by atoms with E-state index < -0.39 is 30.1 Å². The molecule has 1 fully saturated rings. The lowest BCUT2D eigenvalue weighted by Crippen LogP contribution is -2.32. The minimum Gasteiger partial charge on any atom is -0.480 e. The first-order valence-electron chi connectivity index (χ1n) is 11.6. The highest BCUT2D eigenvalue weighted by Gasteiger charge is 2.34. The second kappa shape index (κ2) is 10.1. The molecule has 6 heteroatoms. The van der Waals surface area contributed by atoms with Crippen molar-refractivity contribution in [1.82, 2.24) is 0 Å². The molecule has 3 aromatic rings. The molecular formula is C28H28F4O2. The van der Waals surface area contributed by atoms with Crippen molar-refractivity contribution in [2.75, 3.05) is 6.61 Å². The van der Waals surface area contributed by atoms with Crippen molar-refractivity contribution < 1.29 is 27.0 Å². The van der Waals surface area contributed by atoms with Crippen LogP contribution in [0.15, 0.2) is 60.7 Å². The summed E-state index contributed by atoms with van der Waals surface area (Å²) in [6, 6.07) is 16.7. The van der Waals surface area contributed by atoms with Crippen molar-refractivity contribution in [3.05, 3.63) is 83.4 Å². The predicted molar refractivity (Wildman–Crippen MR) is 124 cm³/mol. The maximum Gasteiger partial charge on any atom is 0.432 e. The fraction of sp³-hybridized carbons (Fsp3) is 0.357. The number of halogens is 4. The monoisotopic (exact) mass is 472 g/mol. The summed E-state index contributed by atoms with van der Waals surface area (Å²) in [5.41, 5.74) is 3.22. The van der Waals surface area contributed by atoms with E-state index in [-0.39, 0.29) is 17.2 Å². The summed E-state index contributed by atoms with van der Waals surface area (Å²) in [4.78, 5) is 0. The Balaban J connectivity index is 1.38. The van der Waals surface area contributed by atoms with E-state index in [0.29, 0.717) is 5.92 Å². The Kier molecular flexibility index (Phi) is 7.15. The Bertz CT molecular complexity index is 1100. The molecule has 0 heterocycles. The minimum absolute atomic E-state index is 0.0574. The summed E-state index contributed by atoms with van der Waals surface area (Å²) in [7, 11) is 0. The number of hydrogen-bond acceptors (Lipinski definition) is 2. The van der Waals surface area contributed by atoms with Crippen LogP contribution in [0.2, 0.25) is 0 Å². The lowest BCUT2D eigenvalue weighted by molar-refractivity contribution is -0.195. The molecule has 2 nitrogen and oxygen atoms in total. The topological polar surface area (TPSA) is 18.5 Å². The van der Waals surface area contributed by atoms with E-state index in [1.807, 2.05) is 31.2 Å². The first-order valence-corrected chi connectivity index (χ1v) is 11.6. The molecule has 0 aliphatic heterocycles. The second-order valence-corrected chi connectivity index (χ2v) is 9.16. The molecule has 0 aromatic heterocycles. The van der Waals surface area contributed by atoms with Crippen LogP contribution < -0.4 is 9.47 Å². The molecule has 0 N–H and O–H groups in total. The highest BCUT2D eigenvalue weighted by molar-refractivity contribution is 5.64. The van der Waals surface area contributed by atoms with Gasteiger partial charge in [0.15, 0.2) is 18.2 Å². The molecule has 0 atom stereocenters. The Hall–Kier alpha value is -3.02. The van der Waals surface area contributed by atoms with Gasteiger partial charge in [0.05, 0.1) is 0 Å². The van der Waals surface area contributed by atoms with Crippen molar-refractivity contribution in [1.29, 1.82) is 0 Å². The summed E-state index contributed by atoms with van der Waals surface area (Å²) < 4.78 is 67.5. The average Bonchev–Trinajstić information content (AvgIpc) is 2.82. The van der Waals surface area contributed by atoms with Crippen LogP contribution >= 0.6 is 0 Å². The third-order valence-electron chi connectivity index (χ3n) is 6.43. The first kappa shape index (κ1) is 24.1. The second-order valence-electron chi connectivity index (χ2n) is 9.16. The lowest BCUT2D eigenvalue weighted by atomic mass is 9.79. The van der Waals surface area contributed by atoms with Gasteiger partial charge in [0.25, 0.3) is 0 Å². The van der Waals surface area contributed by atoms with E-state index in [4.69, 9.17) is 9.47 Å². The fourth-order valence-corrected chi connectivity index (χ4v) is 4.37. The molecule has 0 unspecified atom stereocenters. The summed E-state index contributed by atoms with van der Waals surface area (Å²) in [6.07, 6.45) is -0.246. The van der Waals surface area contributed by atoms with Crippen LogP contribution in [0.5, 0.6) is 11.5 Å². The number of hydrogen-bond donors (Lipinski definition) is 0. The maximum atomic E-state index is 14.6. The van der Waals surface area contributed by atoms with Gasteiger partial charge in [0.2, 0.25) is 5.82 Å². The maximum absolute atomic E-state index is 14.6. The minimum atomic E-state index is -3.73. The van der Waals surface area contributed by atoms with E-state index in [2.05, 4.69) is 6.92 Å². The number of alkyl halides is 2. The van der Waals surface area contributed by atoms with E-state index in [9.17, 15) is 17.6 Å². The third-order valence-corrected chi connectivity index (χ3v) is 6.43. The Morgan fingerprint density at radius 1 is 0.794 bits per heavy atom. The van der Waals surface area contributed by atoms with Crippen molar-refractivity contribution in [2.24, 2.45) is 5.92 Å². The van der Waals surface area contributed by atoms with Gasteiger partial charge in [-0.25, -0.2) is 4.39 Å². The smallest absolute Gasteiger partial charge is 0.432 e. The molecule has 1 aliphatic carbocycles. The van der Waals surface area contributed by atoms with Crippen LogP contribution in [0.3, 0.4) is 0 Å². The summed E-state index contributed by atoms with van der Waals surface area (Å²) in [6.45, 7) is 2.88. The number of benzene rings is 3. The van der Waals surface area contributed by atoms with Gasteiger partial charge in [-0.15, -0.1) is 0 Å². The van der Waals surface area contributed by atoms with E-state index in [0.717, 1.165) is 42.4 Å². The molecule has 1 saturated carbocycles. The predicted octanol–water partition coefficient (Wildman–Crippen LogP) is 8.28. The summed E-state index contributed by atoms with van der Waals surface area (Å²) >= 11 is 0. The van der Waals surface area contributed by atoms with Gasteiger partial charge in [-0.3, -0.25) is 0 Å². The van der Waals surface area contributed by atoms with Gasteiger partial charge in [-0.1, -0.05) is 67.8 Å². The van der Waals surface area contributed by atoms with Crippen molar-refractivity contribution >= 4 is 0 Å². The van der Waals surface area contributed by atoms with E-state index >= 15 is 0 Å². The van der Waals surface area contributed by atoms with E-state index in [1.54, 1.807) is 12.1 Å². The molecule has 0 radical (unpaired) electrons. The molecule has 0 amide bonds. The third kappa shape index (κ3) is 5.72. The standard InChI is InChI=1S/C28H28F4O2/c1-18-3-7-20(8-4-18)21-11-13-23(14-12-21)34-28(31,32)17-33-25-16-15-24(26(29)27(25)30)22-9-5-19(2)6-10-22/h3-4,7-8,11-16,19,22H,5-6,9-10,17H2,1-2H3.